The number of piperazine rings is 1. The van der Waals surface area contributed by atoms with Gasteiger partial charge in [0.1, 0.15) is 11.9 Å². The molecule has 0 saturated carbocycles. The zero-order valence-corrected chi connectivity index (χ0v) is 20.4. The van der Waals surface area contributed by atoms with Crippen molar-refractivity contribution in [3.8, 4) is 17.3 Å². The summed E-state index contributed by atoms with van der Waals surface area (Å²) >= 11 is 0. The second kappa shape index (κ2) is 10.9. The lowest BCUT2D eigenvalue weighted by Crippen LogP contribution is -2.46. The Hall–Kier alpha value is -3.47. The Labute approximate surface area is 207 Å². The number of hydrogen-bond acceptors (Lipinski definition) is 7. The quantitative estimate of drug-likeness (QED) is 0.548. The smallest absolute Gasteiger partial charge is 0.133 e. The standard InChI is InChI=1S/C28H32N6O/c1-2-32-11-13-34(14-12-32)27-8-5-23(20-24(27)21-29)26-9-10-30-28(31-26)19-22-3-6-25(7-4-22)33-15-17-35-18-16-33/h3-10,20H,2,11-19H2,1H3. The second-order valence-corrected chi connectivity index (χ2v) is 9.07. The average molecular weight is 469 g/mol. The summed E-state index contributed by atoms with van der Waals surface area (Å²) in [5, 5.41) is 9.85. The summed E-state index contributed by atoms with van der Waals surface area (Å²) in [5.41, 5.74) is 5.92. The van der Waals surface area contributed by atoms with Crippen LogP contribution in [-0.2, 0) is 11.2 Å². The van der Waals surface area contributed by atoms with Gasteiger partial charge in [-0.05, 0) is 42.4 Å². The molecule has 0 N–H and O–H groups in total. The van der Waals surface area contributed by atoms with Gasteiger partial charge in [0.2, 0.25) is 0 Å². The number of likely N-dealkylation sites (N-methyl/N-ethyl adjacent to an activating group) is 1. The molecule has 0 aliphatic carbocycles. The molecule has 7 heteroatoms. The summed E-state index contributed by atoms with van der Waals surface area (Å²) in [4.78, 5) is 16.4. The molecular formula is C28H32N6O. The van der Waals surface area contributed by atoms with Gasteiger partial charge in [0.25, 0.3) is 0 Å². The third kappa shape index (κ3) is 5.45. The maximum Gasteiger partial charge on any atom is 0.133 e. The summed E-state index contributed by atoms with van der Waals surface area (Å²) in [6, 6.07) is 19.1. The molecule has 0 unspecified atom stereocenters. The summed E-state index contributed by atoms with van der Waals surface area (Å²) in [5.74, 6) is 0.778. The molecular weight excluding hydrogens is 436 g/mol. The Bertz CT molecular complexity index is 1170. The Morgan fingerprint density at radius 3 is 2.40 bits per heavy atom. The molecule has 5 rings (SSSR count). The molecule has 2 fully saturated rings. The number of benzene rings is 2. The van der Waals surface area contributed by atoms with Crippen LogP contribution in [0.15, 0.2) is 54.7 Å². The molecule has 7 nitrogen and oxygen atoms in total. The maximum absolute atomic E-state index is 9.85. The van der Waals surface area contributed by atoms with Crippen molar-refractivity contribution in [2.75, 3.05) is 68.8 Å². The Morgan fingerprint density at radius 1 is 0.914 bits per heavy atom. The van der Waals surface area contributed by atoms with Crippen molar-refractivity contribution in [3.63, 3.8) is 0 Å². The number of nitrogens with zero attached hydrogens (tertiary/aromatic N) is 6. The number of aromatic nitrogens is 2. The predicted octanol–water partition coefficient (Wildman–Crippen LogP) is 3.58. The van der Waals surface area contributed by atoms with Gasteiger partial charge in [-0.2, -0.15) is 5.26 Å². The van der Waals surface area contributed by atoms with Crippen LogP contribution < -0.4 is 9.80 Å². The highest BCUT2D eigenvalue weighted by Gasteiger charge is 2.19. The molecule has 35 heavy (non-hydrogen) atoms. The van der Waals surface area contributed by atoms with E-state index in [1.807, 2.05) is 18.3 Å². The van der Waals surface area contributed by atoms with Crippen LogP contribution in [0.25, 0.3) is 11.3 Å². The van der Waals surface area contributed by atoms with Gasteiger partial charge in [0, 0.05) is 63.1 Å². The van der Waals surface area contributed by atoms with E-state index < -0.39 is 0 Å². The normalized spacial score (nSPS) is 16.8. The molecule has 180 valence electrons. The van der Waals surface area contributed by atoms with E-state index in [1.165, 1.54) is 11.3 Å². The highest BCUT2D eigenvalue weighted by Crippen LogP contribution is 2.27. The molecule has 2 aromatic carbocycles. The van der Waals surface area contributed by atoms with Crippen LogP contribution in [-0.4, -0.2) is 73.9 Å². The van der Waals surface area contributed by atoms with E-state index in [-0.39, 0.29) is 0 Å². The van der Waals surface area contributed by atoms with Crippen LogP contribution in [0.1, 0.15) is 23.9 Å². The van der Waals surface area contributed by atoms with Gasteiger partial charge >= 0.3 is 0 Å². The molecule has 0 atom stereocenters. The van der Waals surface area contributed by atoms with E-state index in [0.717, 1.165) is 81.8 Å². The van der Waals surface area contributed by atoms with Gasteiger partial charge in [0.15, 0.2) is 0 Å². The van der Waals surface area contributed by atoms with Crippen molar-refractivity contribution in [2.24, 2.45) is 0 Å². The number of ether oxygens (including phenoxy) is 1. The van der Waals surface area contributed by atoms with Gasteiger partial charge in [-0.15, -0.1) is 0 Å². The second-order valence-electron chi connectivity index (χ2n) is 9.07. The Morgan fingerprint density at radius 2 is 1.69 bits per heavy atom. The molecule has 0 amide bonds. The van der Waals surface area contributed by atoms with Gasteiger partial charge in [-0.25, -0.2) is 9.97 Å². The molecule has 2 aliphatic heterocycles. The summed E-state index contributed by atoms with van der Waals surface area (Å²) in [6.45, 7) is 10.7. The van der Waals surface area contributed by atoms with E-state index in [9.17, 15) is 5.26 Å². The van der Waals surface area contributed by atoms with Crippen LogP contribution in [0, 0.1) is 11.3 Å². The van der Waals surface area contributed by atoms with Crippen molar-refractivity contribution >= 4 is 11.4 Å². The van der Waals surface area contributed by atoms with Gasteiger partial charge in [-0.1, -0.05) is 25.1 Å². The minimum atomic E-state index is 0.669. The van der Waals surface area contributed by atoms with Crippen molar-refractivity contribution in [1.82, 2.24) is 14.9 Å². The molecule has 0 radical (unpaired) electrons. The molecule has 3 heterocycles. The van der Waals surface area contributed by atoms with Crippen molar-refractivity contribution in [2.45, 2.75) is 13.3 Å². The van der Waals surface area contributed by atoms with Crippen LogP contribution in [0.5, 0.6) is 0 Å². The molecule has 2 saturated heterocycles. The summed E-state index contributed by atoms with van der Waals surface area (Å²) in [6.07, 6.45) is 2.48. The molecule has 0 bridgehead atoms. The number of morpholine rings is 1. The molecule has 3 aromatic rings. The molecule has 1 aromatic heterocycles. The first-order chi connectivity index (χ1) is 17.2. The minimum Gasteiger partial charge on any atom is -0.378 e. The van der Waals surface area contributed by atoms with E-state index >= 15 is 0 Å². The Kier molecular flexibility index (Phi) is 7.22. The number of rotatable bonds is 6. The number of anilines is 2. The lowest BCUT2D eigenvalue weighted by Gasteiger charge is -2.36. The summed E-state index contributed by atoms with van der Waals surface area (Å²) in [7, 11) is 0. The number of hydrogen-bond donors (Lipinski definition) is 0. The zero-order valence-electron chi connectivity index (χ0n) is 20.4. The predicted molar refractivity (Wildman–Crippen MR) is 139 cm³/mol. The monoisotopic (exact) mass is 468 g/mol. The third-order valence-electron chi connectivity index (χ3n) is 6.95. The van der Waals surface area contributed by atoms with Crippen molar-refractivity contribution in [3.05, 3.63) is 71.7 Å². The topological polar surface area (TPSA) is 68.5 Å². The van der Waals surface area contributed by atoms with E-state index in [0.29, 0.717) is 12.0 Å². The van der Waals surface area contributed by atoms with Crippen molar-refractivity contribution in [1.29, 1.82) is 5.26 Å². The first kappa shape index (κ1) is 23.3. The fourth-order valence-electron chi connectivity index (χ4n) is 4.84. The highest BCUT2D eigenvalue weighted by atomic mass is 16.5. The first-order valence-corrected chi connectivity index (χ1v) is 12.5. The average Bonchev–Trinajstić information content (AvgIpc) is 2.94. The van der Waals surface area contributed by atoms with Crippen LogP contribution in [0.2, 0.25) is 0 Å². The third-order valence-corrected chi connectivity index (χ3v) is 6.95. The molecule has 0 spiro atoms. The number of nitriles is 1. The van der Waals surface area contributed by atoms with E-state index in [2.05, 4.69) is 69.1 Å². The largest absolute Gasteiger partial charge is 0.378 e. The highest BCUT2D eigenvalue weighted by molar-refractivity contribution is 5.69. The first-order valence-electron chi connectivity index (χ1n) is 12.5. The lowest BCUT2D eigenvalue weighted by atomic mass is 10.0. The van der Waals surface area contributed by atoms with Crippen molar-refractivity contribution < 1.29 is 4.74 Å². The Balaban J connectivity index is 1.30. The maximum atomic E-state index is 9.85. The van der Waals surface area contributed by atoms with Gasteiger partial charge in [0.05, 0.1) is 30.2 Å². The SMILES string of the molecule is CCN1CCN(c2ccc(-c3ccnc(Cc4ccc(N5CCOCC5)cc4)n3)cc2C#N)CC1. The van der Waals surface area contributed by atoms with Gasteiger partial charge in [-0.3, -0.25) is 0 Å². The fraction of sp³-hybridized carbons (Fsp3) is 0.393. The van der Waals surface area contributed by atoms with Gasteiger partial charge < -0.3 is 19.4 Å². The fourth-order valence-corrected chi connectivity index (χ4v) is 4.84. The minimum absolute atomic E-state index is 0.669. The summed E-state index contributed by atoms with van der Waals surface area (Å²) < 4.78 is 5.45. The van der Waals surface area contributed by atoms with Crippen LogP contribution in [0.4, 0.5) is 11.4 Å². The van der Waals surface area contributed by atoms with E-state index in [4.69, 9.17) is 9.72 Å². The van der Waals surface area contributed by atoms with Crippen LogP contribution in [0.3, 0.4) is 0 Å². The molecule has 2 aliphatic rings. The van der Waals surface area contributed by atoms with E-state index in [1.54, 1.807) is 0 Å². The zero-order chi connectivity index (χ0) is 24.0. The lowest BCUT2D eigenvalue weighted by molar-refractivity contribution is 0.122. The van der Waals surface area contributed by atoms with Crippen LogP contribution >= 0.6 is 0 Å².